The zero-order chi connectivity index (χ0) is 37.3. The van der Waals surface area contributed by atoms with E-state index in [1.54, 1.807) is 27.7 Å². The summed E-state index contributed by atoms with van der Waals surface area (Å²) in [6, 6.07) is -2.32. The third-order valence-electron chi connectivity index (χ3n) is 15.7. The number of esters is 1. The number of hydrogen-bond donors (Lipinski definition) is 5. The summed E-state index contributed by atoms with van der Waals surface area (Å²) < 4.78 is 44.8. The van der Waals surface area contributed by atoms with Crippen LogP contribution in [-0.2, 0) is 23.9 Å². The highest BCUT2D eigenvalue weighted by Crippen LogP contribution is 2.90. The molecule has 6 aliphatic rings. The Morgan fingerprint density at radius 3 is 2.24 bits per heavy atom. The van der Waals surface area contributed by atoms with Gasteiger partial charge in [-0.1, -0.05) is 27.7 Å². The predicted octanol–water partition coefficient (Wildman–Crippen LogP) is 4.75. The number of nitrogens with two attached hydrogens (primary N) is 1. The summed E-state index contributed by atoms with van der Waals surface area (Å²) in [7, 11) is 0. The number of carbonyl (C=O) groups is 3. The SMILES string of the molecule is C[C@H](NC(=O)[C@@H](CC(N)=O)NCl)C(=O)O[C@H]1C[C@@H]2[C@]3(CC[C@]4(C)[C@@H]([C@]5(C)CC[C@@H](C(C)(C)O)O5)[C@@H](O)C[C@@]24C)C[C@@]32CCC(F)(F)C(C)(C)[C@H]12. The number of amides is 2. The van der Waals surface area contributed by atoms with Gasteiger partial charge in [-0.3, -0.25) is 9.59 Å². The molecule has 5 saturated carbocycles. The Bertz CT molecular complexity index is 1430. The van der Waals surface area contributed by atoms with Gasteiger partial charge in [-0.15, -0.1) is 0 Å². The molecule has 6 fully saturated rings. The molecule has 0 aromatic carbocycles. The average Bonchev–Trinajstić information content (AvgIpc) is 3.36. The van der Waals surface area contributed by atoms with Gasteiger partial charge in [0.1, 0.15) is 18.2 Å². The van der Waals surface area contributed by atoms with Gasteiger partial charge in [0, 0.05) is 23.7 Å². The van der Waals surface area contributed by atoms with E-state index in [2.05, 4.69) is 30.9 Å². The number of aliphatic hydroxyl groups is 2. The Hall–Kier alpha value is -1.60. The van der Waals surface area contributed by atoms with E-state index in [1.807, 2.05) is 0 Å². The maximum absolute atomic E-state index is 15.9. The first-order chi connectivity index (χ1) is 22.9. The number of ether oxygens (including phenoxy) is 2. The molecule has 6 rings (SSSR count). The van der Waals surface area contributed by atoms with Gasteiger partial charge in [-0.05, 0) is 118 Å². The third kappa shape index (κ3) is 5.22. The number of aliphatic hydroxyl groups excluding tert-OH is 1. The molecule has 0 bridgehead atoms. The van der Waals surface area contributed by atoms with Gasteiger partial charge >= 0.3 is 5.97 Å². The summed E-state index contributed by atoms with van der Waals surface area (Å²) in [5.41, 5.74) is 0.677. The fraction of sp³-hybridized carbons (Fsp3) is 0.919. The molecule has 1 saturated heterocycles. The molecule has 10 nitrogen and oxygen atoms in total. The summed E-state index contributed by atoms with van der Waals surface area (Å²) in [6.45, 7) is 14.8. The van der Waals surface area contributed by atoms with E-state index < -0.39 is 81.4 Å². The van der Waals surface area contributed by atoms with Crippen LogP contribution in [0, 0.1) is 44.8 Å². The van der Waals surface area contributed by atoms with Crippen LogP contribution in [0.25, 0.3) is 0 Å². The summed E-state index contributed by atoms with van der Waals surface area (Å²) in [5, 5.41) is 25.4. The van der Waals surface area contributed by atoms with Crippen molar-refractivity contribution in [1.29, 1.82) is 0 Å². The highest BCUT2D eigenvalue weighted by molar-refractivity contribution is 6.15. The van der Waals surface area contributed by atoms with Crippen LogP contribution >= 0.6 is 11.8 Å². The van der Waals surface area contributed by atoms with E-state index in [4.69, 9.17) is 27.0 Å². The number of halogens is 3. The fourth-order valence-electron chi connectivity index (χ4n) is 13.1. The summed E-state index contributed by atoms with van der Waals surface area (Å²) >= 11 is 5.67. The van der Waals surface area contributed by atoms with Gasteiger partial charge in [-0.25, -0.2) is 18.4 Å². The van der Waals surface area contributed by atoms with E-state index in [0.29, 0.717) is 32.1 Å². The molecule has 0 aromatic rings. The number of nitrogens with one attached hydrogen (secondary N) is 2. The molecule has 1 aliphatic heterocycles. The second-order valence-electron chi connectivity index (χ2n) is 18.9. The van der Waals surface area contributed by atoms with Crippen molar-refractivity contribution < 1.29 is 42.9 Å². The van der Waals surface area contributed by atoms with Crippen molar-refractivity contribution in [2.45, 2.75) is 167 Å². The van der Waals surface area contributed by atoms with Crippen molar-refractivity contribution in [3.05, 3.63) is 0 Å². The molecule has 6 N–H and O–H groups in total. The lowest BCUT2D eigenvalue weighted by Crippen LogP contribution is -2.64. The number of alkyl halides is 2. The average molecular weight is 730 g/mol. The monoisotopic (exact) mass is 729 g/mol. The van der Waals surface area contributed by atoms with E-state index in [1.165, 1.54) is 6.92 Å². The summed E-state index contributed by atoms with van der Waals surface area (Å²) in [6.07, 6.45) is 2.62. The summed E-state index contributed by atoms with van der Waals surface area (Å²) in [5.74, 6) is -6.01. The first kappa shape index (κ1) is 38.1. The normalized spacial score (nSPS) is 46.7. The second-order valence-corrected chi connectivity index (χ2v) is 19.1. The van der Waals surface area contributed by atoms with Gasteiger partial charge < -0.3 is 30.7 Å². The minimum absolute atomic E-state index is 0.00894. The van der Waals surface area contributed by atoms with E-state index in [0.717, 1.165) is 19.3 Å². The highest BCUT2D eigenvalue weighted by Gasteiger charge is 2.86. The largest absolute Gasteiger partial charge is 0.461 e. The Morgan fingerprint density at radius 2 is 1.66 bits per heavy atom. The quantitative estimate of drug-likeness (QED) is 0.168. The first-order valence-corrected chi connectivity index (χ1v) is 18.9. The van der Waals surface area contributed by atoms with Gasteiger partial charge in [-0.2, -0.15) is 0 Å². The van der Waals surface area contributed by atoms with Crippen LogP contribution in [0.2, 0.25) is 0 Å². The highest BCUT2D eigenvalue weighted by atomic mass is 35.5. The van der Waals surface area contributed by atoms with Crippen molar-refractivity contribution >= 4 is 29.6 Å². The smallest absolute Gasteiger partial charge is 0.328 e. The van der Waals surface area contributed by atoms with Crippen LogP contribution in [0.3, 0.4) is 0 Å². The van der Waals surface area contributed by atoms with Crippen LogP contribution < -0.4 is 15.9 Å². The maximum Gasteiger partial charge on any atom is 0.328 e. The van der Waals surface area contributed by atoms with Crippen molar-refractivity contribution in [3.8, 4) is 0 Å². The van der Waals surface area contributed by atoms with Crippen LogP contribution in [0.1, 0.15) is 120 Å². The first-order valence-electron chi connectivity index (χ1n) is 18.5. The minimum atomic E-state index is -2.97. The minimum Gasteiger partial charge on any atom is -0.461 e. The molecule has 0 unspecified atom stereocenters. The predicted molar refractivity (Wildman–Crippen MR) is 181 cm³/mol. The van der Waals surface area contributed by atoms with Gasteiger partial charge in [0.25, 0.3) is 5.92 Å². The van der Waals surface area contributed by atoms with Crippen molar-refractivity contribution in [1.82, 2.24) is 10.2 Å². The molecule has 2 spiro atoms. The Kier molecular flexibility index (Phi) is 8.92. The van der Waals surface area contributed by atoms with Crippen molar-refractivity contribution in [2.24, 2.45) is 50.6 Å². The number of primary amides is 1. The molecule has 0 aromatic heterocycles. The number of carbonyl (C=O) groups excluding carboxylic acids is 3. The molecular formula is C37H58ClF2N3O7. The third-order valence-corrected chi connectivity index (χ3v) is 15.9. The second kappa shape index (κ2) is 11.7. The van der Waals surface area contributed by atoms with Crippen molar-refractivity contribution in [3.63, 3.8) is 0 Å². The number of rotatable bonds is 9. The van der Waals surface area contributed by atoms with Gasteiger partial charge in [0.15, 0.2) is 0 Å². The lowest BCUT2D eigenvalue weighted by atomic mass is 9.41. The summed E-state index contributed by atoms with van der Waals surface area (Å²) in [4.78, 5) is 40.2. The van der Waals surface area contributed by atoms with E-state index in [9.17, 15) is 24.6 Å². The number of hydrogen-bond acceptors (Lipinski definition) is 8. The van der Waals surface area contributed by atoms with E-state index in [-0.39, 0.29) is 41.6 Å². The molecule has 2 amide bonds. The molecular weight excluding hydrogens is 672 g/mol. The number of fused-ring (bicyclic) bond motifs is 2. The van der Waals surface area contributed by atoms with Crippen LogP contribution in [0.4, 0.5) is 8.78 Å². The van der Waals surface area contributed by atoms with Gasteiger partial charge in [0.2, 0.25) is 11.8 Å². The molecule has 1 heterocycles. The van der Waals surface area contributed by atoms with Crippen molar-refractivity contribution in [2.75, 3.05) is 0 Å². The Labute approximate surface area is 299 Å². The Balaban J connectivity index is 1.33. The van der Waals surface area contributed by atoms with E-state index >= 15 is 8.78 Å². The van der Waals surface area contributed by atoms with Gasteiger partial charge in [0.05, 0.1) is 29.8 Å². The van der Waals surface area contributed by atoms with Crippen LogP contribution in [-0.4, -0.2) is 75.5 Å². The standard InChI is InChI=1S/C37H58ClF2N3O7/c1-19(42-28(46)20(43-38)15-25(41)45)29(47)49-22-16-23-33(7)17-21(44)26(34(8)10-9-24(50-34)31(4,5)48)32(33,6)11-12-35(23)18-36(35)13-14-37(39,40)30(2,3)27(22)36/h19-24,26-27,43-44,48H,9-18H2,1-8H3,(H2,41,45)(H,42,46)/t19-,20+,21-,22-,23-,24-,26-,27-,32+,33-,34-,35-,36+/m0/s1. The van der Waals surface area contributed by atoms with Crippen LogP contribution in [0.5, 0.6) is 0 Å². The lowest BCUT2D eigenvalue weighted by molar-refractivity contribution is -0.252. The molecule has 13 heteroatoms. The fourth-order valence-corrected chi connectivity index (χ4v) is 13.3. The molecule has 50 heavy (non-hydrogen) atoms. The lowest BCUT2D eigenvalue weighted by Gasteiger charge is -2.65. The maximum atomic E-state index is 15.9. The molecule has 284 valence electrons. The zero-order valence-corrected chi connectivity index (χ0v) is 31.6. The van der Waals surface area contributed by atoms with Crippen LogP contribution in [0.15, 0.2) is 0 Å². The molecule has 0 radical (unpaired) electrons. The topological polar surface area (TPSA) is 160 Å². The zero-order valence-electron chi connectivity index (χ0n) is 30.8. The Morgan fingerprint density at radius 1 is 1.02 bits per heavy atom. The molecule has 5 aliphatic carbocycles. The molecule has 13 atom stereocenters.